The van der Waals surface area contributed by atoms with Crippen LogP contribution in [0.4, 0.5) is 0 Å². The van der Waals surface area contributed by atoms with Crippen LogP contribution in [-0.2, 0) is 4.79 Å². The van der Waals surface area contributed by atoms with Crippen LogP contribution in [0.15, 0.2) is 0 Å². The Labute approximate surface area is 135 Å². The molecule has 4 nitrogen and oxygen atoms in total. The molecule has 2 saturated heterocycles. The molecule has 2 fully saturated rings. The third-order valence-electron chi connectivity index (χ3n) is 4.40. The number of hydrogen-bond donors (Lipinski definition) is 1. The molecule has 0 radical (unpaired) electrons. The quantitative estimate of drug-likeness (QED) is 0.838. The van der Waals surface area contributed by atoms with Crippen LogP contribution < -0.4 is 5.32 Å². The highest BCUT2D eigenvalue weighted by Crippen LogP contribution is 2.18. The number of likely N-dealkylation sites (tertiary alicyclic amines) is 1. The maximum Gasteiger partial charge on any atom is 0.223 e. The molecule has 0 aromatic rings. The van der Waals surface area contributed by atoms with Crippen LogP contribution in [-0.4, -0.2) is 61.0 Å². The lowest BCUT2D eigenvalue weighted by Gasteiger charge is -2.28. The summed E-state index contributed by atoms with van der Waals surface area (Å²) in [5.41, 5.74) is 0. The largest absolute Gasteiger partial charge is 0.344 e. The zero-order chi connectivity index (χ0) is 13.0. The van der Waals surface area contributed by atoms with E-state index in [2.05, 4.69) is 17.1 Å². The van der Waals surface area contributed by atoms with Crippen LogP contribution in [0.3, 0.4) is 0 Å². The third kappa shape index (κ3) is 5.40. The standard InChI is InChI=1S/C14H27N3O.2ClH/c1-3-17-9-5-7-13(17)11-16(2)14(18)10-12-6-4-8-15-12;;/h12-13,15H,3-11H2,1-2H3;2*1H. The normalized spacial score (nSPS) is 25.9. The molecule has 0 aromatic heterocycles. The van der Waals surface area contributed by atoms with Gasteiger partial charge in [0.25, 0.3) is 0 Å². The van der Waals surface area contributed by atoms with Gasteiger partial charge in [-0.15, -0.1) is 24.8 Å². The van der Waals surface area contributed by atoms with Crippen LogP contribution in [0.2, 0.25) is 0 Å². The monoisotopic (exact) mass is 325 g/mol. The third-order valence-corrected chi connectivity index (χ3v) is 4.40. The average Bonchev–Trinajstić information content (AvgIpc) is 2.99. The first-order valence-electron chi connectivity index (χ1n) is 7.42. The second-order valence-electron chi connectivity index (χ2n) is 5.70. The molecule has 6 heteroatoms. The van der Waals surface area contributed by atoms with E-state index in [9.17, 15) is 4.79 Å². The van der Waals surface area contributed by atoms with E-state index in [1.807, 2.05) is 11.9 Å². The minimum Gasteiger partial charge on any atom is -0.344 e. The molecule has 1 N–H and O–H groups in total. The molecule has 2 aliphatic heterocycles. The summed E-state index contributed by atoms with van der Waals surface area (Å²) in [6.07, 6.45) is 5.57. The van der Waals surface area contributed by atoms with Crippen molar-refractivity contribution < 1.29 is 4.79 Å². The second-order valence-corrected chi connectivity index (χ2v) is 5.70. The van der Waals surface area contributed by atoms with Crippen LogP contribution in [0.5, 0.6) is 0 Å². The summed E-state index contributed by atoms with van der Waals surface area (Å²) in [5.74, 6) is 0.303. The Balaban J connectivity index is 0.00000180. The molecule has 0 aliphatic carbocycles. The highest BCUT2D eigenvalue weighted by atomic mass is 35.5. The van der Waals surface area contributed by atoms with Crippen molar-refractivity contribution in [3.05, 3.63) is 0 Å². The number of rotatable bonds is 5. The van der Waals surface area contributed by atoms with Crippen molar-refractivity contribution in [2.24, 2.45) is 0 Å². The predicted molar refractivity (Wildman–Crippen MR) is 88.0 cm³/mol. The van der Waals surface area contributed by atoms with Crippen LogP contribution >= 0.6 is 24.8 Å². The van der Waals surface area contributed by atoms with Gasteiger partial charge in [0.1, 0.15) is 0 Å². The van der Waals surface area contributed by atoms with Gasteiger partial charge in [-0.25, -0.2) is 0 Å². The van der Waals surface area contributed by atoms with Gasteiger partial charge in [0, 0.05) is 32.1 Å². The second kappa shape index (κ2) is 9.82. The first kappa shape index (κ1) is 20.0. The van der Waals surface area contributed by atoms with E-state index < -0.39 is 0 Å². The fourth-order valence-electron chi connectivity index (χ4n) is 3.23. The van der Waals surface area contributed by atoms with E-state index >= 15 is 0 Å². The van der Waals surface area contributed by atoms with Gasteiger partial charge in [0.05, 0.1) is 0 Å². The Hall–Kier alpha value is -0.0300. The van der Waals surface area contributed by atoms with Gasteiger partial charge in [-0.1, -0.05) is 6.92 Å². The van der Waals surface area contributed by atoms with Gasteiger partial charge < -0.3 is 10.2 Å². The number of hydrogen-bond acceptors (Lipinski definition) is 3. The van der Waals surface area contributed by atoms with Gasteiger partial charge in [0.15, 0.2) is 0 Å². The first-order valence-corrected chi connectivity index (χ1v) is 7.42. The van der Waals surface area contributed by atoms with E-state index in [4.69, 9.17) is 0 Å². The van der Waals surface area contributed by atoms with Crippen LogP contribution in [0.1, 0.15) is 39.0 Å². The maximum absolute atomic E-state index is 12.1. The fraction of sp³-hybridized carbons (Fsp3) is 0.929. The lowest BCUT2D eigenvalue weighted by Crippen LogP contribution is -2.42. The SMILES string of the molecule is CCN1CCCC1CN(C)C(=O)CC1CCCN1.Cl.Cl. The molecule has 0 saturated carbocycles. The summed E-state index contributed by atoms with van der Waals surface area (Å²) in [7, 11) is 1.96. The van der Waals surface area contributed by atoms with E-state index in [0.29, 0.717) is 24.4 Å². The Morgan fingerprint density at radius 3 is 2.65 bits per heavy atom. The molecule has 0 bridgehead atoms. The zero-order valence-electron chi connectivity index (χ0n) is 12.6. The molecule has 20 heavy (non-hydrogen) atoms. The smallest absolute Gasteiger partial charge is 0.223 e. The highest BCUT2D eigenvalue weighted by Gasteiger charge is 2.26. The topological polar surface area (TPSA) is 35.6 Å². The van der Waals surface area contributed by atoms with Gasteiger partial charge >= 0.3 is 0 Å². The molecule has 2 aliphatic rings. The summed E-state index contributed by atoms with van der Waals surface area (Å²) in [6, 6.07) is 1.01. The lowest BCUT2D eigenvalue weighted by molar-refractivity contribution is -0.131. The fourth-order valence-corrected chi connectivity index (χ4v) is 3.23. The molecule has 2 rings (SSSR count). The van der Waals surface area contributed by atoms with E-state index in [-0.39, 0.29) is 24.8 Å². The van der Waals surface area contributed by atoms with Crippen LogP contribution in [0.25, 0.3) is 0 Å². The summed E-state index contributed by atoms with van der Waals surface area (Å²) in [5, 5.41) is 3.40. The van der Waals surface area contributed by atoms with Crippen molar-refractivity contribution >= 4 is 30.7 Å². The summed E-state index contributed by atoms with van der Waals surface area (Å²) < 4.78 is 0. The van der Waals surface area contributed by atoms with Crippen molar-refractivity contribution in [1.82, 2.24) is 15.1 Å². The van der Waals surface area contributed by atoms with Crippen molar-refractivity contribution in [2.75, 3.05) is 33.2 Å². The van der Waals surface area contributed by atoms with Gasteiger partial charge in [-0.3, -0.25) is 9.69 Å². The number of carbonyl (C=O) groups excluding carboxylic acids is 1. The van der Waals surface area contributed by atoms with Crippen molar-refractivity contribution in [2.45, 2.75) is 51.1 Å². The number of likely N-dealkylation sites (N-methyl/N-ethyl adjacent to an activating group) is 2. The van der Waals surface area contributed by atoms with Crippen molar-refractivity contribution in [1.29, 1.82) is 0 Å². The summed E-state index contributed by atoms with van der Waals surface area (Å²) >= 11 is 0. The lowest BCUT2D eigenvalue weighted by atomic mass is 10.1. The van der Waals surface area contributed by atoms with E-state index in [1.54, 1.807) is 0 Å². The Bertz CT molecular complexity index is 286. The predicted octanol–water partition coefficient (Wildman–Crippen LogP) is 1.91. The molecule has 2 atom stereocenters. The van der Waals surface area contributed by atoms with Crippen LogP contribution in [0, 0.1) is 0 Å². The number of nitrogens with zero attached hydrogens (tertiary/aromatic N) is 2. The van der Waals surface area contributed by atoms with E-state index in [1.165, 1.54) is 25.8 Å². The summed E-state index contributed by atoms with van der Waals surface area (Å²) in [6.45, 7) is 6.50. The minimum absolute atomic E-state index is 0. The zero-order valence-corrected chi connectivity index (χ0v) is 14.3. The number of nitrogens with one attached hydrogen (secondary N) is 1. The van der Waals surface area contributed by atoms with Gasteiger partial charge in [-0.2, -0.15) is 0 Å². The summed E-state index contributed by atoms with van der Waals surface area (Å²) in [4.78, 5) is 16.6. The van der Waals surface area contributed by atoms with Crippen molar-refractivity contribution in [3.63, 3.8) is 0 Å². The molecule has 1 amide bonds. The van der Waals surface area contributed by atoms with Crippen molar-refractivity contribution in [3.8, 4) is 0 Å². The maximum atomic E-state index is 12.1. The Kier molecular flexibility index (Phi) is 9.81. The molecule has 120 valence electrons. The molecular formula is C14H29Cl2N3O. The Morgan fingerprint density at radius 1 is 1.30 bits per heavy atom. The molecule has 0 aromatic carbocycles. The minimum atomic E-state index is 0. The molecule has 2 heterocycles. The number of halogens is 2. The van der Waals surface area contributed by atoms with Gasteiger partial charge in [-0.05, 0) is 45.3 Å². The highest BCUT2D eigenvalue weighted by molar-refractivity contribution is 5.85. The number of amides is 1. The molecular weight excluding hydrogens is 297 g/mol. The van der Waals surface area contributed by atoms with Gasteiger partial charge in [0.2, 0.25) is 5.91 Å². The van der Waals surface area contributed by atoms with E-state index in [0.717, 1.165) is 26.1 Å². The Morgan fingerprint density at radius 2 is 2.05 bits per heavy atom. The average molecular weight is 326 g/mol. The molecule has 0 spiro atoms. The first-order chi connectivity index (χ1) is 8.70. The number of carbonyl (C=O) groups is 1. The molecule has 2 unspecified atom stereocenters.